The van der Waals surface area contributed by atoms with Gasteiger partial charge in [0.1, 0.15) is 18.1 Å². The van der Waals surface area contributed by atoms with Crippen LogP contribution in [-0.2, 0) is 6.42 Å². The van der Waals surface area contributed by atoms with E-state index in [1.165, 1.54) is 38.8 Å². The maximum absolute atomic E-state index is 13.9. The first kappa shape index (κ1) is 24.1. The fourth-order valence-corrected chi connectivity index (χ4v) is 6.21. The van der Waals surface area contributed by atoms with Crippen LogP contribution in [0, 0.1) is 0 Å². The van der Waals surface area contributed by atoms with Gasteiger partial charge in [-0.15, -0.1) is 0 Å². The summed E-state index contributed by atoms with van der Waals surface area (Å²) >= 11 is 0. The van der Waals surface area contributed by atoms with Crippen LogP contribution in [-0.4, -0.2) is 52.6 Å². The summed E-state index contributed by atoms with van der Waals surface area (Å²) in [5, 5.41) is 10.2. The van der Waals surface area contributed by atoms with Gasteiger partial charge in [0.2, 0.25) is 0 Å². The predicted molar refractivity (Wildman–Crippen MR) is 145 cm³/mol. The van der Waals surface area contributed by atoms with E-state index in [-0.39, 0.29) is 23.2 Å². The van der Waals surface area contributed by atoms with E-state index in [1.807, 2.05) is 54.6 Å². The molecule has 1 amide bonds. The zero-order chi connectivity index (χ0) is 25.2. The van der Waals surface area contributed by atoms with E-state index in [4.69, 9.17) is 4.74 Å². The summed E-state index contributed by atoms with van der Waals surface area (Å²) in [4.78, 5) is 18.6. The lowest BCUT2D eigenvalue weighted by Crippen LogP contribution is -2.49. The minimum atomic E-state index is -0.203. The number of hydrogen-bond acceptors (Lipinski definition) is 4. The third-order valence-corrected chi connectivity index (χ3v) is 8.35. The fraction of sp³-hybridized carbons (Fsp3) is 0.406. The van der Waals surface area contributed by atoms with Crippen molar-refractivity contribution in [2.24, 2.45) is 0 Å². The molecule has 1 N–H and O–H groups in total. The molecule has 0 aromatic heterocycles. The van der Waals surface area contributed by atoms with Crippen molar-refractivity contribution in [3.05, 3.63) is 95.1 Å². The maximum Gasteiger partial charge on any atom is 0.255 e. The fourth-order valence-electron chi connectivity index (χ4n) is 6.21. The molecule has 1 spiro atoms. The van der Waals surface area contributed by atoms with Gasteiger partial charge in [-0.1, -0.05) is 49.2 Å². The Bertz CT molecular complexity index is 1230. The largest absolute Gasteiger partial charge is 0.508 e. The molecule has 1 atom stereocenters. The van der Waals surface area contributed by atoms with Crippen LogP contribution in [0.2, 0.25) is 0 Å². The van der Waals surface area contributed by atoms with Crippen LogP contribution >= 0.6 is 0 Å². The van der Waals surface area contributed by atoms with Gasteiger partial charge >= 0.3 is 0 Å². The quantitative estimate of drug-likeness (QED) is 0.457. The highest BCUT2D eigenvalue weighted by Gasteiger charge is 2.56. The Hall–Kier alpha value is -3.31. The summed E-state index contributed by atoms with van der Waals surface area (Å²) in [7, 11) is 0. The zero-order valence-electron chi connectivity index (χ0n) is 21.4. The lowest BCUT2D eigenvalue weighted by Gasteiger charge is -2.44. The summed E-state index contributed by atoms with van der Waals surface area (Å²) in [6, 6.07) is 23.3. The molecule has 0 radical (unpaired) electrons. The zero-order valence-corrected chi connectivity index (χ0v) is 21.4. The first-order valence-electron chi connectivity index (χ1n) is 13.8. The number of aromatic hydroxyl groups is 1. The molecule has 6 rings (SSSR count). The van der Waals surface area contributed by atoms with Gasteiger partial charge < -0.3 is 14.7 Å². The third kappa shape index (κ3) is 4.97. The van der Waals surface area contributed by atoms with Crippen molar-refractivity contribution in [2.75, 3.05) is 26.2 Å². The number of amides is 1. The Kier molecular flexibility index (Phi) is 6.64. The average molecular weight is 497 g/mol. The Morgan fingerprint density at radius 1 is 0.919 bits per heavy atom. The summed E-state index contributed by atoms with van der Waals surface area (Å²) in [6.45, 7) is 3.99. The lowest BCUT2D eigenvalue weighted by molar-refractivity contribution is 0.0541. The van der Waals surface area contributed by atoms with Gasteiger partial charge in [-0.2, -0.15) is 0 Å². The van der Waals surface area contributed by atoms with Crippen LogP contribution in [0.5, 0.6) is 11.5 Å². The number of hydrogen-bond donors (Lipinski definition) is 1. The molecule has 2 heterocycles. The Labute approximate surface area is 219 Å². The van der Waals surface area contributed by atoms with Crippen molar-refractivity contribution in [2.45, 2.75) is 56.5 Å². The molecular formula is C32H36N2O3. The van der Waals surface area contributed by atoms with Gasteiger partial charge in [0.05, 0.1) is 6.04 Å². The maximum atomic E-state index is 13.9. The summed E-state index contributed by atoms with van der Waals surface area (Å²) in [5.41, 5.74) is 3.82. The van der Waals surface area contributed by atoms with Crippen molar-refractivity contribution in [1.29, 1.82) is 0 Å². The van der Waals surface area contributed by atoms with Crippen molar-refractivity contribution >= 4 is 5.91 Å². The molecule has 3 aliphatic rings. The first-order chi connectivity index (χ1) is 18.1. The molecule has 3 aromatic rings. The number of nitrogens with zero attached hydrogens (tertiary/aromatic N) is 2. The molecule has 5 heteroatoms. The molecule has 1 saturated carbocycles. The normalized spacial score (nSPS) is 20.8. The average Bonchev–Trinajstić information content (AvgIpc) is 3.73. The predicted octanol–water partition coefficient (Wildman–Crippen LogP) is 5.97. The number of phenolic OH excluding ortho intramolecular Hbond substituents is 1. The molecule has 3 aromatic carbocycles. The standard InChI is InChI=1S/C32H36N2O3/c35-27-12-15-29-26(22-27)23-32(16-17-32)34(31(36)25-8-4-3-5-9-25)30(29)24-10-13-28(14-11-24)37-21-20-33-18-6-1-2-7-19-33/h3-5,8-15,22,30,35H,1-2,6-7,16-21,23H2. The van der Waals surface area contributed by atoms with Gasteiger partial charge in [0.15, 0.2) is 0 Å². The molecule has 2 aliphatic heterocycles. The first-order valence-corrected chi connectivity index (χ1v) is 13.8. The number of carbonyl (C=O) groups is 1. The molecule has 37 heavy (non-hydrogen) atoms. The van der Waals surface area contributed by atoms with Crippen LogP contribution in [0.1, 0.15) is 71.6 Å². The van der Waals surface area contributed by atoms with Gasteiger partial charge in [-0.25, -0.2) is 0 Å². The summed E-state index contributed by atoms with van der Waals surface area (Å²) in [6.07, 6.45) is 8.00. The second-order valence-corrected chi connectivity index (χ2v) is 10.9. The van der Waals surface area contributed by atoms with Gasteiger partial charge in [-0.05, 0) is 98.3 Å². The molecule has 1 unspecified atom stereocenters. The topological polar surface area (TPSA) is 53.0 Å². The Morgan fingerprint density at radius 2 is 1.65 bits per heavy atom. The molecule has 0 bridgehead atoms. The number of ether oxygens (including phenoxy) is 1. The van der Waals surface area contributed by atoms with Crippen molar-refractivity contribution in [1.82, 2.24) is 9.80 Å². The van der Waals surface area contributed by atoms with E-state index in [2.05, 4.69) is 21.9 Å². The molecule has 1 aliphatic carbocycles. The number of phenols is 1. The number of fused-ring (bicyclic) bond motifs is 1. The van der Waals surface area contributed by atoms with Crippen molar-refractivity contribution in [3.8, 4) is 11.5 Å². The van der Waals surface area contributed by atoms with Crippen LogP contribution in [0.3, 0.4) is 0 Å². The van der Waals surface area contributed by atoms with E-state index >= 15 is 0 Å². The van der Waals surface area contributed by atoms with E-state index in [9.17, 15) is 9.90 Å². The van der Waals surface area contributed by atoms with E-state index in [1.54, 1.807) is 6.07 Å². The number of benzene rings is 3. The highest BCUT2D eigenvalue weighted by atomic mass is 16.5. The van der Waals surface area contributed by atoms with Crippen molar-refractivity contribution < 1.29 is 14.6 Å². The molecule has 192 valence electrons. The molecule has 2 fully saturated rings. The minimum absolute atomic E-state index is 0.0691. The van der Waals surface area contributed by atoms with Gasteiger partial charge in [-0.3, -0.25) is 9.69 Å². The van der Waals surface area contributed by atoms with Gasteiger partial charge in [0.25, 0.3) is 5.91 Å². The molecular weight excluding hydrogens is 460 g/mol. The van der Waals surface area contributed by atoms with E-state index in [0.29, 0.717) is 6.61 Å². The number of likely N-dealkylation sites (tertiary alicyclic amines) is 1. The van der Waals surface area contributed by atoms with Crippen molar-refractivity contribution in [3.63, 3.8) is 0 Å². The van der Waals surface area contributed by atoms with E-state index < -0.39 is 0 Å². The Morgan fingerprint density at radius 3 is 2.35 bits per heavy atom. The van der Waals surface area contributed by atoms with Crippen LogP contribution in [0.15, 0.2) is 72.8 Å². The monoisotopic (exact) mass is 496 g/mol. The third-order valence-electron chi connectivity index (χ3n) is 8.35. The lowest BCUT2D eigenvalue weighted by atomic mass is 9.82. The second-order valence-electron chi connectivity index (χ2n) is 10.9. The highest BCUT2D eigenvalue weighted by molar-refractivity contribution is 5.96. The van der Waals surface area contributed by atoms with E-state index in [0.717, 1.165) is 53.8 Å². The molecule has 5 nitrogen and oxygen atoms in total. The highest BCUT2D eigenvalue weighted by Crippen LogP contribution is 2.55. The van der Waals surface area contributed by atoms with Gasteiger partial charge in [0, 0.05) is 17.6 Å². The minimum Gasteiger partial charge on any atom is -0.508 e. The SMILES string of the molecule is O=C(c1ccccc1)N1C(c2ccc(OCCN3CCCCCC3)cc2)c2ccc(O)cc2CC12CC2. The van der Waals surface area contributed by atoms with Crippen LogP contribution < -0.4 is 4.74 Å². The summed E-state index contributed by atoms with van der Waals surface area (Å²) in [5.74, 6) is 1.21. The second kappa shape index (κ2) is 10.2. The smallest absolute Gasteiger partial charge is 0.255 e. The molecule has 1 saturated heterocycles. The van der Waals surface area contributed by atoms with Crippen LogP contribution in [0.4, 0.5) is 0 Å². The Balaban J connectivity index is 1.27. The van der Waals surface area contributed by atoms with Crippen LogP contribution in [0.25, 0.3) is 0 Å². The summed E-state index contributed by atoms with van der Waals surface area (Å²) < 4.78 is 6.12. The number of carbonyl (C=O) groups excluding carboxylic acids is 1. The number of rotatable bonds is 6.